The van der Waals surface area contributed by atoms with E-state index in [0.29, 0.717) is 47.6 Å². The zero-order valence-corrected chi connectivity index (χ0v) is 24.2. The fourth-order valence-electron chi connectivity index (χ4n) is 6.34. The smallest absolute Gasteiger partial charge is 0.322 e. The van der Waals surface area contributed by atoms with Crippen molar-refractivity contribution in [2.45, 2.75) is 31.0 Å². The molecule has 3 saturated heterocycles. The summed E-state index contributed by atoms with van der Waals surface area (Å²) in [7, 11) is 3.54. The Morgan fingerprint density at radius 1 is 1.05 bits per heavy atom. The highest BCUT2D eigenvalue weighted by atomic mass is 16.5. The Balaban J connectivity index is 1.23. The van der Waals surface area contributed by atoms with E-state index in [1.54, 1.807) is 47.4 Å². The molecule has 0 radical (unpaired) electrons. The number of methoxy groups -OCH3 is 1. The summed E-state index contributed by atoms with van der Waals surface area (Å²) in [5.41, 5.74) is 1.06. The molecule has 6 amide bonds. The van der Waals surface area contributed by atoms with E-state index in [-0.39, 0.29) is 37.2 Å². The van der Waals surface area contributed by atoms with E-state index in [2.05, 4.69) is 22.1 Å². The van der Waals surface area contributed by atoms with Crippen molar-refractivity contribution >= 4 is 40.9 Å². The van der Waals surface area contributed by atoms with Crippen LogP contribution < -0.4 is 20.3 Å². The lowest BCUT2D eigenvalue weighted by Crippen LogP contribution is -2.56. The minimum Gasteiger partial charge on any atom is -0.497 e. The van der Waals surface area contributed by atoms with Gasteiger partial charge in [-0.1, -0.05) is 24.8 Å². The Bertz CT molecular complexity index is 1530. The Hall–Kier alpha value is -4.71. The van der Waals surface area contributed by atoms with Gasteiger partial charge in [-0.3, -0.25) is 29.4 Å². The Labute approximate surface area is 249 Å². The van der Waals surface area contributed by atoms with Crippen LogP contribution in [0.5, 0.6) is 5.75 Å². The van der Waals surface area contributed by atoms with Gasteiger partial charge in [-0.05, 0) is 54.4 Å². The number of ether oxygens (including phenoxy) is 1. The maximum atomic E-state index is 13.4. The third-order valence-electron chi connectivity index (χ3n) is 8.89. The van der Waals surface area contributed by atoms with Crippen LogP contribution in [0.4, 0.5) is 10.5 Å². The summed E-state index contributed by atoms with van der Waals surface area (Å²) in [6.45, 7) is 7.14. The average molecular weight is 587 g/mol. The summed E-state index contributed by atoms with van der Waals surface area (Å²) >= 11 is 0. The van der Waals surface area contributed by atoms with Crippen LogP contribution in [0.1, 0.15) is 34.3 Å². The van der Waals surface area contributed by atoms with Crippen molar-refractivity contribution < 1.29 is 28.7 Å². The number of imide groups is 1. The van der Waals surface area contributed by atoms with E-state index >= 15 is 0 Å². The number of urea groups is 1. The molecular weight excluding hydrogens is 552 g/mol. The molecule has 0 spiro atoms. The minimum absolute atomic E-state index is 0.0503. The summed E-state index contributed by atoms with van der Waals surface area (Å²) in [4.78, 5) is 72.3. The van der Waals surface area contributed by atoms with Gasteiger partial charge in [0, 0.05) is 50.4 Å². The predicted molar refractivity (Wildman–Crippen MR) is 157 cm³/mol. The van der Waals surface area contributed by atoms with E-state index < -0.39 is 23.5 Å². The first kappa shape index (κ1) is 28.4. The van der Waals surface area contributed by atoms with Crippen LogP contribution in [0, 0.1) is 0 Å². The van der Waals surface area contributed by atoms with Crippen LogP contribution >= 0.6 is 0 Å². The lowest BCUT2D eigenvalue weighted by atomic mass is 9.85. The van der Waals surface area contributed by atoms with Crippen LogP contribution in [0.15, 0.2) is 49.0 Å². The topological polar surface area (TPSA) is 132 Å². The lowest BCUT2D eigenvalue weighted by Gasteiger charge is -2.36. The zero-order chi connectivity index (χ0) is 30.5. The molecule has 12 heteroatoms. The van der Waals surface area contributed by atoms with E-state index in [4.69, 9.17) is 4.74 Å². The van der Waals surface area contributed by atoms with Gasteiger partial charge in [0.25, 0.3) is 11.8 Å². The molecule has 2 aromatic carbocycles. The van der Waals surface area contributed by atoms with Crippen molar-refractivity contribution in [3.8, 4) is 5.75 Å². The maximum Gasteiger partial charge on any atom is 0.322 e. The van der Waals surface area contributed by atoms with Crippen LogP contribution in [-0.2, 0) is 20.9 Å². The van der Waals surface area contributed by atoms with Crippen LogP contribution in [0.25, 0.3) is 5.57 Å². The maximum absolute atomic E-state index is 13.4. The molecule has 6 rings (SSSR count). The second kappa shape index (κ2) is 10.8. The fraction of sp³-hybridized carbons (Fsp3) is 0.387. The number of rotatable bonds is 7. The highest BCUT2D eigenvalue weighted by Crippen LogP contribution is 2.35. The molecule has 4 aliphatic rings. The predicted octanol–water partition coefficient (Wildman–Crippen LogP) is 1.21. The van der Waals surface area contributed by atoms with Crippen molar-refractivity contribution in [1.29, 1.82) is 0 Å². The number of carbonyl (C=O) groups excluding carboxylic acids is 5. The van der Waals surface area contributed by atoms with Gasteiger partial charge in [0.2, 0.25) is 11.8 Å². The molecule has 4 heterocycles. The molecule has 3 fully saturated rings. The Morgan fingerprint density at radius 2 is 1.77 bits per heavy atom. The van der Waals surface area contributed by atoms with Gasteiger partial charge in [-0.15, -0.1) is 0 Å². The first-order valence-corrected chi connectivity index (χ1v) is 14.3. The van der Waals surface area contributed by atoms with Crippen molar-refractivity contribution in [3.05, 3.63) is 65.7 Å². The first-order valence-electron chi connectivity index (χ1n) is 14.3. The summed E-state index contributed by atoms with van der Waals surface area (Å²) in [5.74, 6) is -0.522. The van der Waals surface area contributed by atoms with Crippen LogP contribution in [0.2, 0.25) is 0 Å². The average Bonchev–Trinajstić information content (AvgIpc) is 3.64. The molecule has 2 unspecified atom stereocenters. The monoisotopic (exact) mass is 586 g/mol. The van der Waals surface area contributed by atoms with Gasteiger partial charge in [-0.25, -0.2) is 4.79 Å². The van der Waals surface area contributed by atoms with Crippen LogP contribution in [-0.4, -0.2) is 103 Å². The molecule has 0 bridgehead atoms. The molecule has 0 saturated carbocycles. The molecule has 0 aliphatic carbocycles. The molecule has 2 aromatic rings. The van der Waals surface area contributed by atoms with Gasteiger partial charge >= 0.3 is 6.03 Å². The number of nitrogens with one attached hydrogen (secondary N) is 2. The number of piperazine rings is 1. The molecule has 2 atom stereocenters. The molecule has 0 aromatic heterocycles. The van der Waals surface area contributed by atoms with E-state index in [0.717, 1.165) is 18.7 Å². The summed E-state index contributed by atoms with van der Waals surface area (Å²) in [5, 5.41) is 5.01. The highest BCUT2D eigenvalue weighted by molar-refractivity contribution is 6.15. The number of carbonyl (C=O) groups is 5. The molecular formula is C31H34N6O6. The third kappa shape index (κ3) is 4.91. The summed E-state index contributed by atoms with van der Waals surface area (Å²) in [6.07, 6.45) is 0.734. The van der Waals surface area contributed by atoms with E-state index in [1.165, 1.54) is 12.0 Å². The quantitative estimate of drug-likeness (QED) is 0.467. The van der Waals surface area contributed by atoms with E-state index in [1.807, 2.05) is 11.9 Å². The van der Waals surface area contributed by atoms with Crippen molar-refractivity contribution in [1.82, 2.24) is 25.3 Å². The van der Waals surface area contributed by atoms with Gasteiger partial charge in [0.1, 0.15) is 11.8 Å². The van der Waals surface area contributed by atoms with Crippen molar-refractivity contribution in [2.75, 3.05) is 51.8 Å². The molecule has 43 heavy (non-hydrogen) atoms. The third-order valence-corrected chi connectivity index (χ3v) is 8.89. The largest absolute Gasteiger partial charge is 0.497 e. The van der Waals surface area contributed by atoms with E-state index in [9.17, 15) is 24.0 Å². The molecule has 2 N–H and O–H groups in total. The van der Waals surface area contributed by atoms with Gasteiger partial charge in [0.05, 0.1) is 13.7 Å². The number of fused-ring (bicyclic) bond motifs is 1. The van der Waals surface area contributed by atoms with Crippen molar-refractivity contribution in [3.63, 3.8) is 0 Å². The number of benzene rings is 2. The second-order valence-electron chi connectivity index (χ2n) is 11.5. The van der Waals surface area contributed by atoms with Crippen LogP contribution in [0.3, 0.4) is 0 Å². The standard InChI is InChI=1S/C31H34N6O6/c1-19(31(29(41)32-30(42)33-31)18-36-17-21-6-9-23(43-3)16-24(21)27(36)39)20-4-7-22(8-5-20)37-25(10-11-26(37)38)28(40)35-14-12-34(2)13-15-35/h4-9,16,25H,1,10-15,17-18H2,2-3H3,(H2,32,33,41,42). The Morgan fingerprint density at radius 3 is 2.42 bits per heavy atom. The van der Waals surface area contributed by atoms with Gasteiger partial charge < -0.3 is 24.8 Å². The molecule has 224 valence electrons. The molecule has 12 nitrogen and oxygen atoms in total. The number of likely N-dealkylation sites (N-methyl/N-ethyl adjacent to an activating group) is 1. The number of nitrogens with zero attached hydrogens (tertiary/aromatic N) is 4. The van der Waals surface area contributed by atoms with Gasteiger partial charge in [-0.2, -0.15) is 0 Å². The summed E-state index contributed by atoms with van der Waals surface area (Å²) in [6, 6.07) is 10.9. The minimum atomic E-state index is -1.61. The Kier molecular flexibility index (Phi) is 7.17. The number of hydrogen-bond acceptors (Lipinski definition) is 7. The highest BCUT2D eigenvalue weighted by Gasteiger charge is 2.51. The SMILES string of the molecule is C=C(c1ccc(N2C(=O)CCC2C(=O)N2CCN(C)CC2)cc1)C1(CN2Cc3ccc(OC)cc3C2=O)NC(=O)NC1=O. The zero-order valence-electron chi connectivity index (χ0n) is 24.2. The number of hydrogen-bond donors (Lipinski definition) is 2. The van der Waals surface area contributed by atoms with Crippen molar-refractivity contribution in [2.24, 2.45) is 0 Å². The first-order chi connectivity index (χ1) is 20.6. The fourth-order valence-corrected chi connectivity index (χ4v) is 6.34. The lowest BCUT2D eigenvalue weighted by molar-refractivity contribution is -0.134. The summed E-state index contributed by atoms with van der Waals surface area (Å²) < 4.78 is 5.26. The second-order valence-corrected chi connectivity index (χ2v) is 11.5. The molecule has 4 aliphatic heterocycles. The normalized spacial score (nSPS) is 23.9. The number of anilines is 1. The van der Waals surface area contributed by atoms with Gasteiger partial charge in [0.15, 0.2) is 5.54 Å². The number of amides is 6.